The van der Waals surface area contributed by atoms with Crippen molar-refractivity contribution in [2.45, 2.75) is 19.8 Å². The lowest BCUT2D eigenvalue weighted by atomic mass is 10.2. The van der Waals surface area contributed by atoms with Gasteiger partial charge in [0.1, 0.15) is 10.8 Å². The van der Waals surface area contributed by atoms with Crippen molar-refractivity contribution in [1.29, 1.82) is 0 Å². The normalized spacial score (nSPS) is 10.5. The molecule has 3 aromatic rings. The molecular formula is C22H23ClN2O4S. The van der Waals surface area contributed by atoms with Crippen molar-refractivity contribution >= 4 is 34.5 Å². The number of carbonyl (C=O) groups is 1. The van der Waals surface area contributed by atoms with Crippen molar-refractivity contribution < 1.29 is 19.0 Å². The average molecular weight is 447 g/mol. The number of aromatic nitrogens is 1. The van der Waals surface area contributed by atoms with E-state index in [0.29, 0.717) is 40.3 Å². The number of anilines is 1. The summed E-state index contributed by atoms with van der Waals surface area (Å²) in [6, 6.07) is 10.8. The fraction of sp³-hybridized carbons (Fsp3) is 0.273. The fourth-order valence-electron chi connectivity index (χ4n) is 2.79. The number of rotatable bonds is 9. The summed E-state index contributed by atoms with van der Waals surface area (Å²) in [5, 5.41) is 6.07. The summed E-state index contributed by atoms with van der Waals surface area (Å²) in [5.74, 6) is 1.69. The van der Waals surface area contributed by atoms with Crippen LogP contribution in [0.25, 0.3) is 10.6 Å². The van der Waals surface area contributed by atoms with Gasteiger partial charge in [-0.25, -0.2) is 4.98 Å². The van der Waals surface area contributed by atoms with Crippen LogP contribution < -0.4 is 19.5 Å². The quantitative estimate of drug-likeness (QED) is 0.473. The Balaban J connectivity index is 1.71. The highest BCUT2D eigenvalue weighted by Gasteiger charge is 2.14. The number of amides is 1. The Morgan fingerprint density at radius 1 is 1.10 bits per heavy atom. The van der Waals surface area contributed by atoms with Gasteiger partial charge in [0.25, 0.3) is 0 Å². The first-order chi connectivity index (χ1) is 14.5. The van der Waals surface area contributed by atoms with E-state index in [0.717, 1.165) is 17.0 Å². The van der Waals surface area contributed by atoms with Crippen LogP contribution in [0.15, 0.2) is 41.8 Å². The lowest BCUT2D eigenvalue weighted by molar-refractivity contribution is -0.115. The van der Waals surface area contributed by atoms with Crippen LogP contribution in [-0.4, -0.2) is 31.7 Å². The van der Waals surface area contributed by atoms with Gasteiger partial charge in [-0.1, -0.05) is 18.5 Å². The average Bonchev–Trinajstić information content (AvgIpc) is 3.21. The Morgan fingerprint density at radius 2 is 1.87 bits per heavy atom. The van der Waals surface area contributed by atoms with Gasteiger partial charge in [-0.05, 0) is 42.8 Å². The highest BCUT2D eigenvalue weighted by atomic mass is 35.5. The molecule has 158 valence electrons. The molecule has 6 nitrogen and oxygen atoms in total. The van der Waals surface area contributed by atoms with Crippen molar-refractivity contribution in [2.75, 3.05) is 26.1 Å². The molecule has 1 amide bonds. The molecular weight excluding hydrogens is 424 g/mol. The fourth-order valence-corrected chi connectivity index (χ4v) is 3.78. The van der Waals surface area contributed by atoms with Gasteiger partial charge in [0, 0.05) is 16.0 Å². The highest BCUT2D eigenvalue weighted by molar-refractivity contribution is 7.13. The number of methoxy groups -OCH3 is 2. The second kappa shape index (κ2) is 10.3. The summed E-state index contributed by atoms with van der Waals surface area (Å²) < 4.78 is 16.3. The molecule has 0 bridgehead atoms. The lowest BCUT2D eigenvalue weighted by Gasteiger charge is -2.12. The topological polar surface area (TPSA) is 69.7 Å². The number of halogens is 1. The van der Waals surface area contributed by atoms with Crippen LogP contribution in [0.1, 0.15) is 19.0 Å². The van der Waals surface area contributed by atoms with Crippen molar-refractivity contribution in [3.05, 3.63) is 52.5 Å². The minimum atomic E-state index is -0.192. The van der Waals surface area contributed by atoms with E-state index in [-0.39, 0.29) is 12.3 Å². The van der Waals surface area contributed by atoms with Crippen molar-refractivity contribution in [3.8, 4) is 27.8 Å². The standard InChI is InChI=1S/C22H23ClN2O4S/c1-4-9-29-18-8-6-15(23)11-17(18)25-21(26)12-16-13-30-22(24-16)14-5-7-19(27-2)20(10-14)28-3/h5-8,10-11,13H,4,9,12H2,1-3H3,(H,25,26). The van der Waals surface area contributed by atoms with E-state index in [1.807, 2.05) is 30.5 Å². The summed E-state index contributed by atoms with van der Waals surface area (Å²) >= 11 is 7.54. The Hall–Kier alpha value is -2.77. The Morgan fingerprint density at radius 3 is 2.60 bits per heavy atom. The minimum Gasteiger partial charge on any atom is -0.493 e. The van der Waals surface area contributed by atoms with Gasteiger partial charge in [-0.2, -0.15) is 0 Å². The molecule has 30 heavy (non-hydrogen) atoms. The number of hydrogen-bond acceptors (Lipinski definition) is 6. The summed E-state index contributed by atoms with van der Waals surface area (Å²) in [6.07, 6.45) is 1.01. The number of benzene rings is 2. The second-order valence-corrected chi connectivity index (χ2v) is 7.72. The third kappa shape index (κ3) is 5.43. The smallest absolute Gasteiger partial charge is 0.230 e. The molecule has 0 aliphatic carbocycles. The van der Waals surface area contributed by atoms with Crippen LogP contribution in [0.2, 0.25) is 5.02 Å². The largest absolute Gasteiger partial charge is 0.493 e. The molecule has 1 N–H and O–H groups in total. The molecule has 0 fully saturated rings. The van der Waals surface area contributed by atoms with Crippen LogP contribution in [0.3, 0.4) is 0 Å². The molecule has 2 aromatic carbocycles. The molecule has 1 aromatic heterocycles. The summed E-state index contributed by atoms with van der Waals surface area (Å²) in [5.41, 5.74) is 2.13. The van der Waals surface area contributed by atoms with Gasteiger partial charge in [0.15, 0.2) is 11.5 Å². The third-order valence-electron chi connectivity index (χ3n) is 4.20. The van der Waals surface area contributed by atoms with Crippen LogP contribution in [0, 0.1) is 0 Å². The molecule has 3 rings (SSSR count). The monoisotopic (exact) mass is 446 g/mol. The first kappa shape index (κ1) is 21.9. The van der Waals surface area contributed by atoms with E-state index in [1.54, 1.807) is 32.4 Å². The first-order valence-corrected chi connectivity index (χ1v) is 10.7. The lowest BCUT2D eigenvalue weighted by Crippen LogP contribution is -2.15. The van der Waals surface area contributed by atoms with E-state index in [4.69, 9.17) is 25.8 Å². The summed E-state index contributed by atoms with van der Waals surface area (Å²) in [4.78, 5) is 17.2. The van der Waals surface area contributed by atoms with Crippen molar-refractivity contribution in [3.63, 3.8) is 0 Å². The molecule has 0 aliphatic heterocycles. The SMILES string of the molecule is CCCOc1ccc(Cl)cc1NC(=O)Cc1csc(-c2ccc(OC)c(OC)c2)n1. The Bertz CT molecular complexity index is 1020. The van der Waals surface area contributed by atoms with Crippen molar-refractivity contribution in [1.82, 2.24) is 4.98 Å². The van der Waals surface area contributed by atoms with Crippen LogP contribution in [0.4, 0.5) is 5.69 Å². The van der Waals surface area contributed by atoms with Crippen LogP contribution in [-0.2, 0) is 11.2 Å². The van der Waals surface area contributed by atoms with E-state index in [9.17, 15) is 4.79 Å². The number of hydrogen-bond donors (Lipinski definition) is 1. The summed E-state index contributed by atoms with van der Waals surface area (Å²) in [7, 11) is 3.18. The zero-order valence-electron chi connectivity index (χ0n) is 17.0. The molecule has 8 heteroatoms. The van der Waals surface area contributed by atoms with E-state index in [2.05, 4.69) is 10.3 Å². The van der Waals surface area contributed by atoms with Gasteiger partial charge in [0.2, 0.25) is 5.91 Å². The van der Waals surface area contributed by atoms with Gasteiger partial charge < -0.3 is 19.5 Å². The molecule has 0 atom stereocenters. The highest BCUT2D eigenvalue weighted by Crippen LogP contribution is 2.34. The summed E-state index contributed by atoms with van der Waals surface area (Å²) in [6.45, 7) is 2.58. The zero-order chi connectivity index (χ0) is 21.5. The maximum atomic E-state index is 12.6. The maximum absolute atomic E-state index is 12.6. The number of carbonyl (C=O) groups excluding carboxylic acids is 1. The Kier molecular flexibility index (Phi) is 7.54. The number of nitrogens with zero attached hydrogens (tertiary/aromatic N) is 1. The molecule has 0 saturated carbocycles. The van der Waals surface area contributed by atoms with Crippen LogP contribution in [0.5, 0.6) is 17.2 Å². The van der Waals surface area contributed by atoms with Gasteiger partial charge in [-0.3, -0.25) is 4.79 Å². The predicted molar refractivity (Wildman–Crippen MR) is 120 cm³/mol. The van der Waals surface area contributed by atoms with Gasteiger partial charge in [0.05, 0.1) is 38.6 Å². The molecule has 0 radical (unpaired) electrons. The molecule has 0 unspecified atom stereocenters. The van der Waals surface area contributed by atoms with Gasteiger partial charge in [-0.15, -0.1) is 11.3 Å². The molecule has 0 saturated heterocycles. The number of ether oxygens (including phenoxy) is 3. The minimum absolute atomic E-state index is 0.142. The zero-order valence-corrected chi connectivity index (χ0v) is 18.6. The van der Waals surface area contributed by atoms with Crippen molar-refractivity contribution in [2.24, 2.45) is 0 Å². The van der Waals surface area contributed by atoms with E-state index < -0.39 is 0 Å². The Labute approximate surface area is 184 Å². The molecule has 0 aliphatic rings. The first-order valence-electron chi connectivity index (χ1n) is 9.43. The number of nitrogens with one attached hydrogen (secondary N) is 1. The third-order valence-corrected chi connectivity index (χ3v) is 5.38. The predicted octanol–water partition coefficient (Wildman–Crippen LogP) is 5.45. The molecule has 1 heterocycles. The van der Waals surface area contributed by atoms with Crippen LogP contribution >= 0.6 is 22.9 Å². The van der Waals surface area contributed by atoms with Gasteiger partial charge >= 0.3 is 0 Å². The second-order valence-electron chi connectivity index (χ2n) is 6.43. The van der Waals surface area contributed by atoms with E-state index >= 15 is 0 Å². The maximum Gasteiger partial charge on any atom is 0.230 e. The number of thiazole rings is 1. The molecule has 0 spiro atoms. The van der Waals surface area contributed by atoms with E-state index in [1.165, 1.54) is 11.3 Å².